The fourth-order valence-corrected chi connectivity index (χ4v) is 3.95. The van der Waals surface area contributed by atoms with Gasteiger partial charge in [0.05, 0.1) is 23.6 Å². The van der Waals surface area contributed by atoms with E-state index in [9.17, 15) is 4.79 Å². The van der Waals surface area contributed by atoms with E-state index < -0.39 is 0 Å². The number of nitrogens with zero attached hydrogens (tertiary/aromatic N) is 3. The highest BCUT2D eigenvalue weighted by molar-refractivity contribution is 7.99. The molecule has 0 aliphatic carbocycles. The molecule has 0 radical (unpaired) electrons. The fraction of sp³-hybridized carbons (Fsp3) is 0.286. The van der Waals surface area contributed by atoms with Crippen LogP contribution in [0.15, 0.2) is 41.6 Å². The minimum Gasteiger partial charge on any atom is -0.493 e. The van der Waals surface area contributed by atoms with Crippen LogP contribution in [-0.4, -0.2) is 33.5 Å². The second kappa shape index (κ2) is 10.7. The Kier molecular flexibility index (Phi) is 8.06. The maximum Gasteiger partial charge on any atom is 0.234 e. The first-order chi connectivity index (χ1) is 14.9. The number of carbonyl (C=O) groups excluding carboxylic acids is 1. The maximum atomic E-state index is 12.3. The van der Waals surface area contributed by atoms with E-state index >= 15 is 0 Å². The minimum atomic E-state index is -0.220. The van der Waals surface area contributed by atoms with Gasteiger partial charge in [-0.1, -0.05) is 41.0 Å². The second-order valence-corrected chi connectivity index (χ2v) is 8.33. The van der Waals surface area contributed by atoms with Crippen molar-refractivity contribution in [2.24, 2.45) is 0 Å². The summed E-state index contributed by atoms with van der Waals surface area (Å²) >= 11 is 13.3. The molecule has 10 heteroatoms. The Balaban J connectivity index is 1.62. The summed E-state index contributed by atoms with van der Waals surface area (Å²) in [6.45, 7) is 4.83. The number of aromatic nitrogens is 3. The zero-order chi connectivity index (χ0) is 22.4. The first-order valence-corrected chi connectivity index (χ1v) is 11.2. The number of benzene rings is 2. The third-order valence-corrected chi connectivity index (χ3v) is 5.85. The molecule has 0 aliphatic rings. The lowest BCUT2D eigenvalue weighted by molar-refractivity contribution is -0.113. The minimum absolute atomic E-state index is 0.146. The number of rotatable bonds is 9. The van der Waals surface area contributed by atoms with Gasteiger partial charge in [0.15, 0.2) is 22.5 Å². The molecule has 1 amide bonds. The van der Waals surface area contributed by atoms with Crippen LogP contribution in [0.4, 0.5) is 5.69 Å². The predicted octanol–water partition coefficient (Wildman–Crippen LogP) is 5.23. The molecule has 3 rings (SSSR count). The van der Waals surface area contributed by atoms with Crippen molar-refractivity contribution in [1.82, 2.24) is 14.8 Å². The van der Waals surface area contributed by atoms with Gasteiger partial charge in [-0.2, -0.15) is 0 Å². The Morgan fingerprint density at radius 1 is 1.16 bits per heavy atom. The largest absolute Gasteiger partial charge is 0.493 e. The molecule has 0 bridgehead atoms. The lowest BCUT2D eigenvalue weighted by Crippen LogP contribution is -2.15. The third kappa shape index (κ3) is 6.06. The van der Waals surface area contributed by atoms with Crippen LogP contribution in [0.1, 0.15) is 18.3 Å². The smallest absolute Gasteiger partial charge is 0.234 e. The quantitative estimate of drug-likeness (QED) is 0.422. The van der Waals surface area contributed by atoms with Crippen molar-refractivity contribution in [2.45, 2.75) is 32.2 Å². The van der Waals surface area contributed by atoms with E-state index in [2.05, 4.69) is 15.5 Å². The van der Waals surface area contributed by atoms with Crippen molar-refractivity contribution in [3.8, 4) is 11.5 Å². The Morgan fingerprint density at radius 2 is 1.97 bits per heavy atom. The normalized spacial score (nSPS) is 10.7. The molecule has 7 nitrogen and oxygen atoms in total. The number of amides is 1. The molecule has 1 aromatic heterocycles. The molecule has 0 unspecified atom stereocenters. The molecule has 164 valence electrons. The number of halogens is 2. The van der Waals surface area contributed by atoms with Crippen LogP contribution in [-0.2, 0) is 17.9 Å². The zero-order valence-corrected chi connectivity index (χ0v) is 19.6. The van der Waals surface area contributed by atoms with Gasteiger partial charge in [-0.05, 0) is 49.7 Å². The van der Waals surface area contributed by atoms with Gasteiger partial charge in [0.25, 0.3) is 0 Å². The van der Waals surface area contributed by atoms with E-state index in [-0.39, 0.29) is 18.3 Å². The average molecular weight is 481 g/mol. The van der Waals surface area contributed by atoms with E-state index in [1.54, 1.807) is 25.3 Å². The third-order valence-electron chi connectivity index (χ3n) is 4.32. The van der Waals surface area contributed by atoms with Gasteiger partial charge in [-0.25, -0.2) is 0 Å². The molecule has 2 aromatic carbocycles. The summed E-state index contributed by atoms with van der Waals surface area (Å²) in [6.07, 6.45) is 0. The number of thioether (sulfide) groups is 1. The lowest BCUT2D eigenvalue weighted by Gasteiger charge is -2.12. The molecular weight excluding hydrogens is 459 g/mol. The Hall–Kier alpha value is -2.42. The summed E-state index contributed by atoms with van der Waals surface area (Å²) in [5.41, 5.74) is 1.55. The van der Waals surface area contributed by atoms with Crippen molar-refractivity contribution in [2.75, 3.05) is 18.2 Å². The first kappa shape index (κ1) is 23.2. The monoisotopic (exact) mass is 480 g/mol. The Bertz CT molecular complexity index is 1070. The van der Waals surface area contributed by atoms with Crippen LogP contribution >= 0.6 is 35.0 Å². The van der Waals surface area contributed by atoms with Crippen LogP contribution in [0.5, 0.6) is 11.5 Å². The van der Waals surface area contributed by atoms with Crippen LogP contribution in [0.2, 0.25) is 10.0 Å². The number of ether oxygens (including phenoxy) is 2. The van der Waals surface area contributed by atoms with Gasteiger partial charge in [0.2, 0.25) is 5.91 Å². The highest BCUT2D eigenvalue weighted by Crippen LogP contribution is 2.29. The summed E-state index contributed by atoms with van der Waals surface area (Å²) in [7, 11) is 1.60. The highest BCUT2D eigenvalue weighted by atomic mass is 35.5. The predicted molar refractivity (Wildman–Crippen MR) is 124 cm³/mol. The van der Waals surface area contributed by atoms with Gasteiger partial charge >= 0.3 is 0 Å². The molecule has 0 spiro atoms. The first-order valence-electron chi connectivity index (χ1n) is 9.48. The van der Waals surface area contributed by atoms with E-state index in [4.69, 9.17) is 32.7 Å². The van der Waals surface area contributed by atoms with Crippen molar-refractivity contribution < 1.29 is 14.3 Å². The molecule has 0 atom stereocenters. The number of nitrogens with one attached hydrogen (secondary N) is 1. The van der Waals surface area contributed by atoms with Crippen molar-refractivity contribution in [3.63, 3.8) is 0 Å². The van der Waals surface area contributed by atoms with Crippen LogP contribution in [0, 0.1) is 6.92 Å². The second-order valence-electron chi connectivity index (χ2n) is 6.55. The van der Waals surface area contributed by atoms with E-state index in [0.29, 0.717) is 44.8 Å². The molecule has 0 saturated carbocycles. The Morgan fingerprint density at radius 3 is 2.71 bits per heavy atom. The molecule has 1 heterocycles. The number of methoxy groups -OCH3 is 1. The highest BCUT2D eigenvalue weighted by Gasteiger charge is 2.15. The zero-order valence-electron chi connectivity index (χ0n) is 17.3. The SMILES string of the molecule is CCn1c(COc2ccc(C)cc2OC)nnc1SCC(=O)Nc1cc(Cl)ccc1Cl. The molecule has 3 aromatic rings. The number of carbonyl (C=O) groups is 1. The van der Waals surface area contributed by atoms with Gasteiger partial charge in [0.1, 0.15) is 6.61 Å². The van der Waals surface area contributed by atoms with Crippen molar-refractivity contribution in [1.29, 1.82) is 0 Å². The molecule has 0 fully saturated rings. The lowest BCUT2D eigenvalue weighted by atomic mass is 10.2. The Labute approximate surface area is 195 Å². The summed E-state index contributed by atoms with van der Waals surface area (Å²) in [6, 6.07) is 10.6. The van der Waals surface area contributed by atoms with Crippen LogP contribution in [0.3, 0.4) is 0 Å². The topological polar surface area (TPSA) is 78.3 Å². The van der Waals surface area contributed by atoms with Crippen LogP contribution < -0.4 is 14.8 Å². The fourth-order valence-electron chi connectivity index (χ4n) is 2.80. The summed E-state index contributed by atoms with van der Waals surface area (Å²) in [5.74, 6) is 1.88. The summed E-state index contributed by atoms with van der Waals surface area (Å²) in [5, 5.41) is 12.7. The van der Waals surface area contributed by atoms with Gasteiger partial charge in [-0.3, -0.25) is 4.79 Å². The summed E-state index contributed by atoms with van der Waals surface area (Å²) < 4.78 is 13.2. The number of hydrogen-bond acceptors (Lipinski definition) is 6. The van der Waals surface area contributed by atoms with Crippen molar-refractivity contribution in [3.05, 3.63) is 57.8 Å². The van der Waals surface area contributed by atoms with Crippen LogP contribution in [0.25, 0.3) is 0 Å². The standard InChI is InChI=1S/C21H22Cl2N4O3S/c1-4-27-19(11-30-17-8-5-13(2)9-18(17)29-3)25-26-21(27)31-12-20(28)24-16-10-14(22)6-7-15(16)23/h5-10H,4,11-12H2,1-3H3,(H,24,28). The summed E-state index contributed by atoms with van der Waals surface area (Å²) in [4.78, 5) is 12.3. The molecule has 31 heavy (non-hydrogen) atoms. The average Bonchev–Trinajstić information content (AvgIpc) is 3.15. The molecule has 0 saturated heterocycles. The van der Waals surface area contributed by atoms with E-state index in [1.165, 1.54) is 11.8 Å². The maximum absolute atomic E-state index is 12.3. The van der Waals surface area contributed by atoms with Gasteiger partial charge in [-0.15, -0.1) is 10.2 Å². The molecular formula is C21H22Cl2N4O3S. The van der Waals surface area contributed by atoms with E-state index in [1.807, 2.05) is 36.6 Å². The van der Waals surface area contributed by atoms with Gasteiger partial charge in [0, 0.05) is 11.6 Å². The molecule has 0 aliphatic heterocycles. The van der Waals surface area contributed by atoms with Gasteiger partial charge < -0.3 is 19.4 Å². The number of hydrogen-bond donors (Lipinski definition) is 1. The number of aryl methyl sites for hydroxylation is 1. The number of anilines is 1. The molecule has 1 N–H and O–H groups in total. The van der Waals surface area contributed by atoms with E-state index in [0.717, 1.165) is 5.56 Å². The van der Waals surface area contributed by atoms with Crippen molar-refractivity contribution >= 4 is 46.6 Å².